The molecule has 0 aromatic carbocycles. The summed E-state index contributed by atoms with van der Waals surface area (Å²) < 4.78 is 0. The van der Waals surface area contributed by atoms with Crippen LogP contribution in [-0.2, 0) is 14.4 Å². The van der Waals surface area contributed by atoms with Crippen LogP contribution in [0.25, 0.3) is 0 Å². The predicted octanol–water partition coefficient (Wildman–Crippen LogP) is 5.70. The van der Waals surface area contributed by atoms with E-state index in [0.717, 1.165) is 38.5 Å². The molecule has 172 valence electrons. The number of fused-ring (bicyclic) bond motifs is 2. The van der Waals surface area contributed by atoms with Gasteiger partial charge in [0, 0.05) is 23.7 Å². The average Bonchev–Trinajstić information content (AvgIpc) is 3.12. The zero-order chi connectivity index (χ0) is 23.2. The number of Topliss-reactive ketones (excluding diaryl/α,β-unsaturated/α-hetero) is 3. The van der Waals surface area contributed by atoms with Crippen LogP contribution in [0.3, 0.4) is 0 Å². The molecular weight excluding hydrogens is 400 g/mol. The Morgan fingerprint density at radius 1 is 0.781 bits per heavy atom. The summed E-state index contributed by atoms with van der Waals surface area (Å²) in [6.45, 7) is 8.80. The molecular formula is C28H36O4. The van der Waals surface area contributed by atoms with Crippen molar-refractivity contribution in [2.45, 2.75) is 66.2 Å². The van der Waals surface area contributed by atoms with E-state index in [0.29, 0.717) is 23.0 Å². The second-order valence-electron chi connectivity index (χ2n) is 11.4. The topological polar surface area (TPSA) is 71.4 Å². The Morgan fingerprint density at radius 3 is 2.16 bits per heavy atom. The van der Waals surface area contributed by atoms with E-state index in [1.165, 1.54) is 0 Å². The Morgan fingerprint density at radius 2 is 1.44 bits per heavy atom. The lowest BCUT2D eigenvalue weighted by atomic mass is 9.66. The number of aliphatic hydroxyl groups excluding tert-OH is 1. The van der Waals surface area contributed by atoms with E-state index >= 15 is 0 Å². The quantitative estimate of drug-likeness (QED) is 0.350. The van der Waals surface area contributed by atoms with E-state index < -0.39 is 0 Å². The van der Waals surface area contributed by atoms with Crippen molar-refractivity contribution in [3.8, 4) is 0 Å². The third kappa shape index (κ3) is 4.09. The third-order valence-corrected chi connectivity index (χ3v) is 8.37. The molecule has 0 radical (unpaired) electrons. The maximum atomic E-state index is 12.9. The molecule has 0 heterocycles. The van der Waals surface area contributed by atoms with Gasteiger partial charge in [-0.2, -0.15) is 0 Å². The van der Waals surface area contributed by atoms with Gasteiger partial charge in [-0.3, -0.25) is 14.4 Å². The smallest absolute Gasteiger partial charge is 0.170 e. The maximum Gasteiger partial charge on any atom is 0.170 e. The molecule has 4 nitrogen and oxygen atoms in total. The van der Waals surface area contributed by atoms with E-state index in [2.05, 4.69) is 27.7 Å². The van der Waals surface area contributed by atoms with E-state index in [4.69, 9.17) is 0 Å². The highest BCUT2D eigenvalue weighted by atomic mass is 16.3. The first-order valence-corrected chi connectivity index (χ1v) is 12.2. The number of allylic oxidation sites excluding steroid dienone is 8. The highest BCUT2D eigenvalue weighted by molar-refractivity contribution is 6.27. The zero-order valence-corrected chi connectivity index (χ0v) is 19.8. The van der Waals surface area contributed by atoms with Crippen LogP contribution in [0.2, 0.25) is 0 Å². The molecule has 4 rings (SSSR count). The minimum atomic E-state index is -0.167. The second kappa shape index (κ2) is 8.61. The van der Waals surface area contributed by atoms with Gasteiger partial charge in [0.1, 0.15) is 5.76 Å². The predicted molar refractivity (Wildman–Crippen MR) is 125 cm³/mol. The van der Waals surface area contributed by atoms with Gasteiger partial charge in [0.05, 0.1) is 11.1 Å². The minimum absolute atomic E-state index is 0.00732. The van der Waals surface area contributed by atoms with Gasteiger partial charge in [-0.25, -0.2) is 0 Å². The van der Waals surface area contributed by atoms with Crippen LogP contribution in [0.5, 0.6) is 0 Å². The van der Waals surface area contributed by atoms with Crippen LogP contribution < -0.4 is 0 Å². The third-order valence-electron chi connectivity index (χ3n) is 8.37. The molecule has 0 amide bonds. The summed E-state index contributed by atoms with van der Waals surface area (Å²) >= 11 is 0. The van der Waals surface area contributed by atoms with Gasteiger partial charge < -0.3 is 5.11 Å². The maximum absolute atomic E-state index is 12.9. The lowest BCUT2D eigenvalue weighted by molar-refractivity contribution is -0.122. The first-order valence-electron chi connectivity index (χ1n) is 12.2. The summed E-state index contributed by atoms with van der Waals surface area (Å²) in [4.78, 5) is 38.4. The molecule has 0 spiro atoms. The van der Waals surface area contributed by atoms with Crippen molar-refractivity contribution in [3.05, 3.63) is 47.3 Å². The van der Waals surface area contributed by atoms with Gasteiger partial charge in [-0.15, -0.1) is 0 Å². The average molecular weight is 437 g/mol. The van der Waals surface area contributed by atoms with Crippen molar-refractivity contribution in [2.75, 3.05) is 0 Å². The first-order chi connectivity index (χ1) is 15.1. The molecule has 0 aliphatic heterocycles. The molecule has 0 saturated heterocycles. The highest BCUT2D eigenvalue weighted by Gasteiger charge is 2.49. The van der Waals surface area contributed by atoms with Crippen LogP contribution >= 0.6 is 0 Å². The van der Waals surface area contributed by atoms with Crippen molar-refractivity contribution in [1.82, 2.24) is 0 Å². The van der Waals surface area contributed by atoms with Gasteiger partial charge in [0.2, 0.25) is 0 Å². The number of hydrogen-bond donors (Lipinski definition) is 1. The second-order valence-corrected chi connectivity index (χ2v) is 11.4. The van der Waals surface area contributed by atoms with Crippen LogP contribution in [-0.4, -0.2) is 22.5 Å². The summed E-state index contributed by atoms with van der Waals surface area (Å²) in [7, 11) is 0. The lowest BCUT2D eigenvalue weighted by Gasteiger charge is -2.38. The SMILES string of the molecule is CC1CCC2C(=O)C(C=CC=CC=C3C(=O)C4CCC(C(C)(C)C)CC4C3=O)=C(O)C2C1. The standard InChI is InChI=1S/C28H36O4/c1-16-10-12-18-22(14-16)26(31)20(24(18)29)8-6-5-7-9-21-25(30)19-13-11-17(28(2,3)4)15-23(19)27(21)32/h5-9,16-19,22-23,31H,10-15H2,1-4H3. The summed E-state index contributed by atoms with van der Waals surface area (Å²) in [5.74, 6) is 0.823. The molecule has 4 aliphatic carbocycles. The molecule has 4 heteroatoms. The number of carbonyl (C=O) groups excluding carboxylic acids is 3. The van der Waals surface area contributed by atoms with Gasteiger partial charge in [-0.1, -0.05) is 45.9 Å². The monoisotopic (exact) mass is 436 g/mol. The summed E-state index contributed by atoms with van der Waals surface area (Å²) in [5.41, 5.74) is 0.885. The molecule has 3 saturated carbocycles. The van der Waals surface area contributed by atoms with Crippen molar-refractivity contribution in [3.63, 3.8) is 0 Å². The number of carbonyl (C=O) groups is 3. The van der Waals surface area contributed by atoms with Crippen LogP contribution in [0.1, 0.15) is 66.2 Å². The molecule has 32 heavy (non-hydrogen) atoms. The fourth-order valence-electron chi connectivity index (χ4n) is 6.30. The molecule has 1 N–H and O–H groups in total. The fourth-order valence-corrected chi connectivity index (χ4v) is 6.30. The zero-order valence-electron chi connectivity index (χ0n) is 19.8. The van der Waals surface area contributed by atoms with Crippen LogP contribution in [0.15, 0.2) is 47.3 Å². The Hall–Kier alpha value is -2.23. The highest BCUT2D eigenvalue weighted by Crippen LogP contribution is 2.48. The number of rotatable bonds is 3. The Balaban J connectivity index is 1.43. The van der Waals surface area contributed by atoms with Crippen molar-refractivity contribution in [2.24, 2.45) is 40.9 Å². The number of ketones is 3. The molecule has 0 bridgehead atoms. The van der Waals surface area contributed by atoms with Gasteiger partial charge >= 0.3 is 0 Å². The molecule has 4 aliphatic rings. The molecule has 3 fully saturated rings. The normalized spacial score (nSPS) is 37.2. The van der Waals surface area contributed by atoms with E-state index in [1.54, 1.807) is 30.4 Å². The van der Waals surface area contributed by atoms with E-state index in [-0.39, 0.29) is 52.2 Å². The minimum Gasteiger partial charge on any atom is -0.511 e. The fraction of sp³-hybridized carbons (Fsp3) is 0.607. The van der Waals surface area contributed by atoms with Crippen LogP contribution in [0, 0.1) is 40.9 Å². The lowest BCUT2D eigenvalue weighted by Crippen LogP contribution is -2.33. The Kier molecular flexibility index (Phi) is 6.17. The molecule has 6 atom stereocenters. The first kappa shape index (κ1) is 22.9. The Bertz CT molecular complexity index is 939. The van der Waals surface area contributed by atoms with E-state index in [1.807, 2.05) is 0 Å². The van der Waals surface area contributed by atoms with Crippen molar-refractivity contribution in [1.29, 1.82) is 0 Å². The summed E-state index contributed by atoms with van der Waals surface area (Å²) in [6.07, 6.45) is 13.8. The largest absolute Gasteiger partial charge is 0.511 e. The van der Waals surface area contributed by atoms with Crippen LogP contribution in [0.4, 0.5) is 0 Å². The van der Waals surface area contributed by atoms with Gasteiger partial charge in [0.15, 0.2) is 17.3 Å². The summed E-state index contributed by atoms with van der Waals surface area (Å²) in [6, 6.07) is 0. The Labute approximate surface area is 191 Å². The van der Waals surface area contributed by atoms with Crippen molar-refractivity contribution >= 4 is 17.3 Å². The number of hydrogen-bond acceptors (Lipinski definition) is 4. The van der Waals surface area contributed by atoms with Gasteiger partial charge in [-0.05, 0) is 67.9 Å². The van der Waals surface area contributed by atoms with Gasteiger partial charge in [0.25, 0.3) is 0 Å². The molecule has 6 unspecified atom stereocenters. The van der Waals surface area contributed by atoms with E-state index in [9.17, 15) is 19.5 Å². The van der Waals surface area contributed by atoms with Crippen molar-refractivity contribution < 1.29 is 19.5 Å². The summed E-state index contributed by atoms with van der Waals surface area (Å²) in [5, 5.41) is 10.6. The number of aliphatic hydroxyl groups is 1. The molecule has 0 aromatic rings. The molecule has 0 aromatic heterocycles.